The average Bonchev–Trinajstić information content (AvgIpc) is 2.53. The van der Waals surface area contributed by atoms with Gasteiger partial charge >= 0.3 is 5.97 Å². The summed E-state index contributed by atoms with van der Waals surface area (Å²) in [6, 6.07) is 0.0169. The smallest absolute Gasteiger partial charge is 0.320 e. The topological polar surface area (TPSA) is 66.6 Å². The SMILES string of the molecule is CN(C1CCCCCC1)C(CCN)C(=O)O. The van der Waals surface area contributed by atoms with Crippen molar-refractivity contribution in [3.63, 3.8) is 0 Å². The van der Waals surface area contributed by atoms with Gasteiger partial charge in [-0.05, 0) is 32.9 Å². The Morgan fingerprint density at radius 2 is 1.94 bits per heavy atom. The molecular formula is C12H24N2O2. The molecule has 0 aromatic carbocycles. The van der Waals surface area contributed by atoms with Crippen LogP contribution in [0.3, 0.4) is 0 Å². The number of carboxylic acids is 1. The number of aliphatic carboxylic acids is 1. The first-order valence-corrected chi connectivity index (χ1v) is 6.31. The van der Waals surface area contributed by atoms with Gasteiger partial charge in [0.25, 0.3) is 0 Å². The van der Waals surface area contributed by atoms with Gasteiger partial charge in [-0.2, -0.15) is 0 Å². The number of nitrogens with two attached hydrogens (primary N) is 1. The minimum absolute atomic E-state index is 0.409. The Morgan fingerprint density at radius 1 is 1.38 bits per heavy atom. The number of carbonyl (C=O) groups is 1. The van der Waals surface area contributed by atoms with Crippen LogP contribution in [0.25, 0.3) is 0 Å². The number of rotatable bonds is 5. The van der Waals surface area contributed by atoms with Crippen LogP contribution in [0.2, 0.25) is 0 Å². The quantitative estimate of drug-likeness (QED) is 0.699. The minimum atomic E-state index is -0.739. The van der Waals surface area contributed by atoms with Gasteiger partial charge in [-0.25, -0.2) is 0 Å². The Labute approximate surface area is 97.8 Å². The second-order valence-electron chi connectivity index (χ2n) is 4.74. The molecule has 1 rings (SSSR count). The van der Waals surface area contributed by atoms with Gasteiger partial charge in [-0.1, -0.05) is 25.7 Å². The third-order valence-electron chi connectivity index (χ3n) is 3.62. The van der Waals surface area contributed by atoms with Crippen molar-refractivity contribution in [2.45, 2.75) is 57.0 Å². The van der Waals surface area contributed by atoms with E-state index in [0.717, 1.165) is 12.8 Å². The molecule has 0 aromatic heterocycles. The van der Waals surface area contributed by atoms with Crippen molar-refractivity contribution in [3.05, 3.63) is 0 Å². The Kier molecular flexibility index (Phi) is 5.77. The number of nitrogens with zero attached hydrogens (tertiary/aromatic N) is 1. The number of likely N-dealkylation sites (N-methyl/N-ethyl adjacent to an activating group) is 1. The molecule has 3 N–H and O–H groups in total. The van der Waals surface area contributed by atoms with E-state index in [2.05, 4.69) is 0 Å². The highest BCUT2D eigenvalue weighted by atomic mass is 16.4. The first kappa shape index (κ1) is 13.5. The molecular weight excluding hydrogens is 204 g/mol. The molecule has 1 unspecified atom stereocenters. The zero-order chi connectivity index (χ0) is 12.0. The summed E-state index contributed by atoms with van der Waals surface area (Å²) < 4.78 is 0. The lowest BCUT2D eigenvalue weighted by Gasteiger charge is -2.32. The monoisotopic (exact) mass is 228 g/mol. The van der Waals surface area contributed by atoms with E-state index in [-0.39, 0.29) is 0 Å². The van der Waals surface area contributed by atoms with Crippen LogP contribution >= 0.6 is 0 Å². The van der Waals surface area contributed by atoms with Crippen molar-refractivity contribution in [1.82, 2.24) is 4.90 Å². The van der Waals surface area contributed by atoms with Crippen molar-refractivity contribution >= 4 is 5.97 Å². The zero-order valence-corrected chi connectivity index (χ0v) is 10.2. The van der Waals surface area contributed by atoms with Crippen molar-refractivity contribution in [2.75, 3.05) is 13.6 Å². The van der Waals surface area contributed by atoms with Gasteiger partial charge in [-0.3, -0.25) is 9.69 Å². The van der Waals surface area contributed by atoms with E-state index in [1.54, 1.807) is 0 Å². The van der Waals surface area contributed by atoms with Crippen molar-refractivity contribution < 1.29 is 9.90 Å². The zero-order valence-electron chi connectivity index (χ0n) is 10.2. The molecule has 0 saturated heterocycles. The summed E-state index contributed by atoms with van der Waals surface area (Å²) in [5.41, 5.74) is 5.48. The minimum Gasteiger partial charge on any atom is -0.480 e. The van der Waals surface area contributed by atoms with Gasteiger partial charge in [-0.15, -0.1) is 0 Å². The fourth-order valence-electron chi connectivity index (χ4n) is 2.58. The van der Waals surface area contributed by atoms with Gasteiger partial charge in [0.2, 0.25) is 0 Å². The van der Waals surface area contributed by atoms with E-state index in [0.29, 0.717) is 19.0 Å². The van der Waals surface area contributed by atoms with Gasteiger partial charge in [0.05, 0.1) is 0 Å². The Bertz CT molecular complexity index is 213. The van der Waals surface area contributed by atoms with E-state index in [4.69, 9.17) is 5.73 Å². The van der Waals surface area contributed by atoms with E-state index < -0.39 is 12.0 Å². The molecule has 1 atom stereocenters. The maximum absolute atomic E-state index is 11.2. The van der Waals surface area contributed by atoms with Gasteiger partial charge in [0.15, 0.2) is 0 Å². The highest BCUT2D eigenvalue weighted by molar-refractivity contribution is 5.73. The average molecular weight is 228 g/mol. The maximum Gasteiger partial charge on any atom is 0.320 e. The molecule has 0 bridgehead atoms. The van der Waals surface area contributed by atoms with Gasteiger partial charge in [0.1, 0.15) is 6.04 Å². The lowest BCUT2D eigenvalue weighted by molar-refractivity contribution is -0.144. The summed E-state index contributed by atoms with van der Waals surface area (Å²) in [7, 11) is 1.93. The van der Waals surface area contributed by atoms with E-state index in [1.165, 1.54) is 25.7 Å². The lowest BCUT2D eigenvalue weighted by Crippen LogP contribution is -2.45. The summed E-state index contributed by atoms with van der Waals surface area (Å²) in [5.74, 6) is -0.739. The fraction of sp³-hybridized carbons (Fsp3) is 0.917. The Balaban J connectivity index is 2.56. The molecule has 0 amide bonds. The summed E-state index contributed by atoms with van der Waals surface area (Å²) in [5, 5.41) is 9.18. The molecule has 0 aliphatic heterocycles. The van der Waals surface area contributed by atoms with Gasteiger partial charge in [0, 0.05) is 6.04 Å². The standard InChI is InChI=1S/C12H24N2O2/c1-14(11(8-9-13)12(15)16)10-6-4-2-3-5-7-10/h10-11H,2-9,13H2,1H3,(H,15,16). The summed E-state index contributed by atoms with van der Waals surface area (Å²) in [6.07, 6.45) is 7.84. The lowest BCUT2D eigenvalue weighted by atomic mass is 10.0. The summed E-state index contributed by atoms with van der Waals surface area (Å²) in [4.78, 5) is 13.2. The molecule has 1 aliphatic rings. The van der Waals surface area contributed by atoms with E-state index in [9.17, 15) is 9.90 Å². The second-order valence-corrected chi connectivity index (χ2v) is 4.74. The third-order valence-corrected chi connectivity index (χ3v) is 3.62. The molecule has 4 nitrogen and oxygen atoms in total. The Hall–Kier alpha value is -0.610. The van der Waals surface area contributed by atoms with Crippen LogP contribution in [0, 0.1) is 0 Å². The molecule has 0 heterocycles. The largest absolute Gasteiger partial charge is 0.480 e. The predicted molar refractivity (Wildman–Crippen MR) is 64.3 cm³/mol. The van der Waals surface area contributed by atoms with Gasteiger partial charge < -0.3 is 10.8 Å². The van der Waals surface area contributed by atoms with Crippen LogP contribution in [-0.2, 0) is 4.79 Å². The van der Waals surface area contributed by atoms with Crippen LogP contribution in [0.5, 0.6) is 0 Å². The molecule has 4 heteroatoms. The molecule has 94 valence electrons. The van der Waals surface area contributed by atoms with Crippen molar-refractivity contribution in [3.8, 4) is 0 Å². The molecule has 0 spiro atoms. The predicted octanol–water partition coefficient (Wildman–Crippen LogP) is 1.44. The molecule has 1 aliphatic carbocycles. The van der Waals surface area contributed by atoms with E-state index in [1.807, 2.05) is 11.9 Å². The highest BCUT2D eigenvalue weighted by Gasteiger charge is 2.27. The molecule has 16 heavy (non-hydrogen) atoms. The van der Waals surface area contributed by atoms with Crippen LogP contribution in [0.15, 0.2) is 0 Å². The van der Waals surface area contributed by atoms with Crippen molar-refractivity contribution in [1.29, 1.82) is 0 Å². The molecule has 0 aromatic rings. The number of hydrogen-bond donors (Lipinski definition) is 2. The molecule has 1 saturated carbocycles. The fourth-order valence-corrected chi connectivity index (χ4v) is 2.58. The first-order chi connectivity index (χ1) is 7.66. The third kappa shape index (κ3) is 3.76. The van der Waals surface area contributed by atoms with Crippen molar-refractivity contribution in [2.24, 2.45) is 5.73 Å². The normalized spacial score (nSPS) is 20.7. The van der Waals surface area contributed by atoms with Crippen LogP contribution in [0.1, 0.15) is 44.9 Å². The maximum atomic E-state index is 11.2. The highest BCUT2D eigenvalue weighted by Crippen LogP contribution is 2.23. The Morgan fingerprint density at radius 3 is 2.38 bits per heavy atom. The first-order valence-electron chi connectivity index (χ1n) is 6.31. The van der Waals surface area contributed by atoms with Crippen LogP contribution in [0.4, 0.5) is 0 Å². The second kappa shape index (κ2) is 6.86. The molecule has 1 fully saturated rings. The molecule has 0 radical (unpaired) electrons. The van der Waals surface area contributed by atoms with E-state index >= 15 is 0 Å². The summed E-state index contributed by atoms with van der Waals surface area (Å²) >= 11 is 0. The number of hydrogen-bond acceptors (Lipinski definition) is 3. The van der Waals surface area contributed by atoms with Crippen LogP contribution < -0.4 is 5.73 Å². The van der Waals surface area contributed by atoms with Crippen LogP contribution in [-0.4, -0.2) is 41.7 Å². The summed E-state index contributed by atoms with van der Waals surface area (Å²) in [6.45, 7) is 0.439. The number of carboxylic acid groups (broad SMARTS) is 1.